The van der Waals surface area contributed by atoms with Crippen molar-refractivity contribution in [1.29, 1.82) is 0 Å². The van der Waals surface area contributed by atoms with Gasteiger partial charge in [0.2, 0.25) is 5.91 Å². The first-order chi connectivity index (χ1) is 15.6. The molecule has 4 aromatic rings. The molecule has 32 heavy (non-hydrogen) atoms. The summed E-state index contributed by atoms with van der Waals surface area (Å²) < 4.78 is 12.1. The highest BCUT2D eigenvalue weighted by Gasteiger charge is 2.17. The number of carbonyl (C=O) groups is 2. The van der Waals surface area contributed by atoms with Gasteiger partial charge in [0.05, 0.1) is 31.2 Å². The molecule has 2 aromatic carbocycles. The molecule has 0 saturated carbocycles. The van der Waals surface area contributed by atoms with Gasteiger partial charge in [0.15, 0.2) is 11.0 Å². The lowest BCUT2D eigenvalue weighted by Crippen LogP contribution is -2.15. The molecule has 162 valence electrons. The van der Waals surface area contributed by atoms with Crippen LogP contribution >= 0.6 is 11.8 Å². The number of amides is 1. The number of rotatable bonds is 8. The van der Waals surface area contributed by atoms with E-state index in [1.54, 1.807) is 30.5 Å². The van der Waals surface area contributed by atoms with Gasteiger partial charge in [-0.15, -0.1) is 10.2 Å². The average Bonchev–Trinajstić information content (AvgIpc) is 3.49. The maximum Gasteiger partial charge on any atom is 0.337 e. The summed E-state index contributed by atoms with van der Waals surface area (Å²) >= 11 is 1.28. The molecule has 0 aliphatic carbocycles. The first-order valence-electron chi connectivity index (χ1n) is 9.76. The Balaban J connectivity index is 1.46. The lowest BCUT2D eigenvalue weighted by molar-refractivity contribution is -0.113. The van der Waals surface area contributed by atoms with Crippen molar-refractivity contribution in [3.8, 4) is 11.4 Å². The van der Waals surface area contributed by atoms with Crippen molar-refractivity contribution >= 4 is 29.3 Å². The van der Waals surface area contributed by atoms with Crippen LogP contribution in [0.1, 0.15) is 16.1 Å². The van der Waals surface area contributed by atoms with E-state index in [1.807, 2.05) is 47.0 Å². The van der Waals surface area contributed by atoms with Gasteiger partial charge in [0.25, 0.3) is 0 Å². The van der Waals surface area contributed by atoms with E-state index in [0.717, 1.165) is 11.3 Å². The van der Waals surface area contributed by atoms with Gasteiger partial charge in [0, 0.05) is 11.3 Å². The standard InChI is InChI=1S/C23H20N4O4S/c1-30-22(29)17-9-11-18(12-10-17)24-20(28)15-32-23-26-25-21(16-6-3-2-4-7-16)27(23)14-19-8-5-13-31-19/h2-13H,14-15H2,1H3,(H,24,28). The number of thioether (sulfide) groups is 1. The number of furan rings is 1. The van der Waals surface area contributed by atoms with Gasteiger partial charge in [-0.3, -0.25) is 9.36 Å². The second-order valence-corrected chi connectivity index (χ2v) is 7.69. The second-order valence-electron chi connectivity index (χ2n) is 6.74. The Bertz CT molecular complexity index is 1190. The number of benzene rings is 2. The highest BCUT2D eigenvalue weighted by Crippen LogP contribution is 2.25. The average molecular weight is 449 g/mol. The summed E-state index contributed by atoms with van der Waals surface area (Å²) in [6.07, 6.45) is 1.62. The minimum Gasteiger partial charge on any atom is -0.467 e. The molecule has 2 heterocycles. The summed E-state index contributed by atoms with van der Waals surface area (Å²) in [5.74, 6) is 0.976. The second kappa shape index (κ2) is 9.97. The third-order valence-electron chi connectivity index (χ3n) is 4.56. The van der Waals surface area contributed by atoms with Crippen LogP contribution < -0.4 is 5.32 Å². The molecular weight excluding hydrogens is 428 g/mol. The number of aromatic nitrogens is 3. The van der Waals surface area contributed by atoms with Crippen molar-refractivity contribution < 1.29 is 18.7 Å². The molecule has 2 aromatic heterocycles. The minimum atomic E-state index is -0.427. The highest BCUT2D eigenvalue weighted by molar-refractivity contribution is 7.99. The summed E-state index contributed by atoms with van der Waals surface area (Å²) in [5, 5.41) is 12.1. The van der Waals surface area contributed by atoms with E-state index in [9.17, 15) is 9.59 Å². The molecule has 4 rings (SSSR count). The molecule has 1 N–H and O–H groups in total. The van der Waals surface area contributed by atoms with Gasteiger partial charge in [-0.05, 0) is 36.4 Å². The van der Waals surface area contributed by atoms with Crippen LogP contribution in [0, 0.1) is 0 Å². The van der Waals surface area contributed by atoms with Crippen LogP contribution in [0.25, 0.3) is 11.4 Å². The fraction of sp³-hybridized carbons (Fsp3) is 0.130. The molecule has 0 spiro atoms. The number of nitrogens with one attached hydrogen (secondary N) is 1. The molecule has 8 nitrogen and oxygen atoms in total. The molecule has 0 bridgehead atoms. The van der Waals surface area contributed by atoms with Crippen LogP contribution in [0.5, 0.6) is 0 Å². The molecule has 0 atom stereocenters. The van der Waals surface area contributed by atoms with Gasteiger partial charge in [-0.1, -0.05) is 42.1 Å². The van der Waals surface area contributed by atoms with Crippen LogP contribution in [0.3, 0.4) is 0 Å². The normalized spacial score (nSPS) is 10.7. The Hall–Kier alpha value is -3.85. The molecule has 0 fully saturated rings. The molecule has 0 saturated heterocycles. The molecule has 9 heteroatoms. The predicted molar refractivity (Wildman–Crippen MR) is 120 cm³/mol. The zero-order chi connectivity index (χ0) is 22.3. The fourth-order valence-electron chi connectivity index (χ4n) is 3.03. The van der Waals surface area contributed by atoms with Gasteiger partial charge in [-0.2, -0.15) is 0 Å². The molecular formula is C23H20N4O4S. The van der Waals surface area contributed by atoms with E-state index in [2.05, 4.69) is 20.3 Å². The third-order valence-corrected chi connectivity index (χ3v) is 5.53. The van der Waals surface area contributed by atoms with E-state index in [4.69, 9.17) is 4.42 Å². The van der Waals surface area contributed by atoms with Crippen molar-refractivity contribution in [2.75, 3.05) is 18.2 Å². The maximum atomic E-state index is 12.5. The third kappa shape index (κ3) is 5.06. The molecule has 0 aliphatic rings. The van der Waals surface area contributed by atoms with Gasteiger partial charge >= 0.3 is 5.97 Å². The Morgan fingerprint density at radius 2 is 1.81 bits per heavy atom. The number of nitrogens with zero attached hydrogens (tertiary/aromatic N) is 3. The number of hydrogen-bond acceptors (Lipinski definition) is 7. The number of esters is 1. The van der Waals surface area contributed by atoms with E-state index in [1.165, 1.54) is 18.9 Å². The van der Waals surface area contributed by atoms with Gasteiger partial charge < -0.3 is 14.5 Å². The Kier molecular flexibility index (Phi) is 6.66. The first kappa shape index (κ1) is 21.4. The predicted octanol–water partition coefficient (Wildman–Crippen LogP) is 4.10. The minimum absolute atomic E-state index is 0.143. The monoisotopic (exact) mass is 448 g/mol. The summed E-state index contributed by atoms with van der Waals surface area (Å²) in [6, 6.07) is 19.9. The van der Waals surface area contributed by atoms with Crippen LogP contribution in [-0.4, -0.2) is 39.5 Å². The lowest BCUT2D eigenvalue weighted by atomic mass is 10.2. The largest absolute Gasteiger partial charge is 0.467 e. The zero-order valence-electron chi connectivity index (χ0n) is 17.2. The number of hydrogen-bond donors (Lipinski definition) is 1. The zero-order valence-corrected chi connectivity index (χ0v) is 18.0. The van der Waals surface area contributed by atoms with E-state index >= 15 is 0 Å². The number of methoxy groups -OCH3 is 1. The topological polar surface area (TPSA) is 99.2 Å². The van der Waals surface area contributed by atoms with Crippen molar-refractivity contribution in [3.63, 3.8) is 0 Å². The highest BCUT2D eigenvalue weighted by atomic mass is 32.2. The molecule has 0 radical (unpaired) electrons. The summed E-state index contributed by atoms with van der Waals surface area (Å²) in [5.41, 5.74) is 1.93. The Labute approximate surface area is 188 Å². The van der Waals surface area contributed by atoms with Gasteiger partial charge in [0.1, 0.15) is 5.76 Å². The lowest BCUT2D eigenvalue weighted by Gasteiger charge is -2.09. The van der Waals surface area contributed by atoms with E-state index in [0.29, 0.717) is 28.8 Å². The van der Waals surface area contributed by atoms with Crippen LogP contribution in [0.15, 0.2) is 82.6 Å². The van der Waals surface area contributed by atoms with E-state index in [-0.39, 0.29) is 11.7 Å². The summed E-state index contributed by atoms with van der Waals surface area (Å²) in [7, 11) is 1.32. The quantitative estimate of drug-likeness (QED) is 0.320. The van der Waals surface area contributed by atoms with Crippen molar-refractivity contribution in [1.82, 2.24) is 14.8 Å². The molecule has 1 amide bonds. The van der Waals surface area contributed by atoms with Crippen LogP contribution in [0.2, 0.25) is 0 Å². The number of carbonyl (C=O) groups excluding carboxylic acids is 2. The van der Waals surface area contributed by atoms with Crippen molar-refractivity contribution in [2.45, 2.75) is 11.7 Å². The fourth-order valence-corrected chi connectivity index (χ4v) is 3.77. The Morgan fingerprint density at radius 3 is 2.50 bits per heavy atom. The SMILES string of the molecule is COC(=O)c1ccc(NC(=O)CSc2nnc(-c3ccccc3)n2Cc2ccco2)cc1. The molecule has 0 aliphatic heterocycles. The first-order valence-corrected chi connectivity index (χ1v) is 10.7. The van der Waals surface area contributed by atoms with Crippen LogP contribution in [0.4, 0.5) is 5.69 Å². The van der Waals surface area contributed by atoms with Crippen molar-refractivity contribution in [3.05, 3.63) is 84.3 Å². The number of ether oxygens (including phenoxy) is 1. The molecule has 0 unspecified atom stereocenters. The van der Waals surface area contributed by atoms with Gasteiger partial charge in [-0.25, -0.2) is 4.79 Å². The summed E-state index contributed by atoms with van der Waals surface area (Å²) in [4.78, 5) is 24.0. The van der Waals surface area contributed by atoms with Crippen LogP contribution in [-0.2, 0) is 16.1 Å². The summed E-state index contributed by atoms with van der Waals surface area (Å²) in [6.45, 7) is 0.448. The smallest absolute Gasteiger partial charge is 0.337 e. The maximum absolute atomic E-state index is 12.5. The number of anilines is 1. The Morgan fingerprint density at radius 1 is 1.03 bits per heavy atom. The van der Waals surface area contributed by atoms with Crippen molar-refractivity contribution in [2.24, 2.45) is 0 Å². The van der Waals surface area contributed by atoms with E-state index < -0.39 is 5.97 Å².